The Labute approximate surface area is 70.7 Å². The molecule has 0 bridgehead atoms. The van der Waals surface area contributed by atoms with Gasteiger partial charge in [-0.25, -0.2) is 5.06 Å². The summed E-state index contributed by atoms with van der Waals surface area (Å²) in [6, 6.07) is 9.79. The maximum atomic E-state index is 4.91. The molecule has 0 unspecified atom stereocenters. The first-order valence-electron chi connectivity index (χ1n) is 3.78. The molecule has 3 heteroatoms. The Hall–Kier alpha value is -1.48. The molecule has 1 heterocycles. The molecule has 0 atom stereocenters. The quantitative estimate of drug-likeness (QED) is 0.590. The van der Waals surface area contributed by atoms with Crippen molar-refractivity contribution in [1.29, 1.82) is 0 Å². The summed E-state index contributed by atoms with van der Waals surface area (Å²) in [5.41, 5.74) is 0.988. The van der Waals surface area contributed by atoms with Crippen molar-refractivity contribution in [2.24, 2.45) is 0 Å². The molecule has 0 spiro atoms. The fourth-order valence-electron chi connectivity index (χ4n) is 1.03. The van der Waals surface area contributed by atoms with Gasteiger partial charge in [0.05, 0.1) is 12.2 Å². The van der Waals surface area contributed by atoms with Gasteiger partial charge in [-0.15, -0.1) is 0 Å². The number of para-hydroxylation sites is 1. The third-order valence-electron chi connectivity index (χ3n) is 1.60. The van der Waals surface area contributed by atoms with E-state index in [0.29, 0.717) is 6.54 Å². The lowest BCUT2D eigenvalue weighted by molar-refractivity contribution is -0.265. The minimum absolute atomic E-state index is 0.712. The minimum atomic E-state index is 0.712. The lowest BCUT2D eigenvalue weighted by Crippen LogP contribution is -2.25. The number of anilines is 1. The summed E-state index contributed by atoms with van der Waals surface area (Å²) in [5, 5.41) is 1.67. The van der Waals surface area contributed by atoms with Crippen LogP contribution in [0.25, 0.3) is 0 Å². The molecule has 0 saturated carbocycles. The smallest absolute Gasteiger partial charge is 0.130 e. The molecule has 0 saturated heterocycles. The van der Waals surface area contributed by atoms with Crippen LogP contribution in [0.2, 0.25) is 0 Å². The van der Waals surface area contributed by atoms with Crippen LogP contribution < -0.4 is 5.06 Å². The van der Waals surface area contributed by atoms with E-state index >= 15 is 0 Å². The number of hydrogen-bond donors (Lipinski definition) is 0. The molecule has 0 amide bonds. The lowest BCUT2D eigenvalue weighted by atomic mass is 10.3. The molecule has 0 radical (unpaired) electrons. The third-order valence-corrected chi connectivity index (χ3v) is 1.60. The van der Waals surface area contributed by atoms with Crippen LogP contribution in [0.15, 0.2) is 42.7 Å². The Morgan fingerprint density at radius 3 is 2.67 bits per heavy atom. The zero-order valence-corrected chi connectivity index (χ0v) is 6.51. The Bertz CT molecular complexity index is 271. The summed E-state index contributed by atoms with van der Waals surface area (Å²) in [6.07, 6.45) is 3.41. The number of nitrogens with zero attached hydrogens (tertiary/aromatic N) is 1. The van der Waals surface area contributed by atoms with E-state index in [1.807, 2.05) is 36.4 Å². The van der Waals surface area contributed by atoms with Crippen LogP contribution in [-0.4, -0.2) is 6.54 Å². The van der Waals surface area contributed by atoms with Crippen molar-refractivity contribution in [3.05, 3.63) is 42.7 Å². The van der Waals surface area contributed by atoms with Gasteiger partial charge in [-0.05, 0) is 18.2 Å². The van der Waals surface area contributed by atoms with Gasteiger partial charge in [-0.1, -0.05) is 23.2 Å². The van der Waals surface area contributed by atoms with Crippen LogP contribution >= 0.6 is 0 Å². The molecule has 0 aliphatic carbocycles. The highest BCUT2D eigenvalue weighted by molar-refractivity contribution is 5.43. The van der Waals surface area contributed by atoms with Crippen LogP contribution in [0.1, 0.15) is 0 Å². The van der Waals surface area contributed by atoms with Crippen molar-refractivity contribution in [2.45, 2.75) is 0 Å². The summed E-state index contributed by atoms with van der Waals surface area (Å²) >= 11 is 0. The standard InChI is InChI=1S/C9H9NO2/c1-2-5-9(6-3-1)10-7-4-8-11-12-10/h1-6,8H,7H2. The van der Waals surface area contributed by atoms with Crippen LogP contribution in [0.3, 0.4) is 0 Å². The van der Waals surface area contributed by atoms with E-state index < -0.39 is 0 Å². The molecule has 1 aromatic rings. The molecule has 2 rings (SSSR count). The van der Waals surface area contributed by atoms with Crippen molar-refractivity contribution in [1.82, 2.24) is 0 Å². The van der Waals surface area contributed by atoms with Crippen molar-refractivity contribution >= 4 is 5.69 Å². The van der Waals surface area contributed by atoms with E-state index in [0.717, 1.165) is 5.69 Å². The van der Waals surface area contributed by atoms with Gasteiger partial charge >= 0.3 is 0 Å². The second kappa shape index (κ2) is 3.28. The van der Waals surface area contributed by atoms with E-state index in [2.05, 4.69) is 4.89 Å². The lowest BCUT2D eigenvalue weighted by Gasteiger charge is -2.21. The van der Waals surface area contributed by atoms with Gasteiger partial charge in [0.2, 0.25) is 0 Å². The maximum absolute atomic E-state index is 4.91. The van der Waals surface area contributed by atoms with Gasteiger partial charge in [0.15, 0.2) is 0 Å². The van der Waals surface area contributed by atoms with Crippen LogP contribution in [0, 0.1) is 0 Å². The first-order chi connectivity index (χ1) is 5.97. The molecule has 3 nitrogen and oxygen atoms in total. The van der Waals surface area contributed by atoms with Gasteiger partial charge in [0.25, 0.3) is 0 Å². The van der Waals surface area contributed by atoms with Gasteiger partial charge < -0.3 is 4.89 Å². The van der Waals surface area contributed by atoms with Crippen molar-refractivity contribution in [3.8, 4) is 0 Å². The molecule has 62 valence electrons. The fraction of sp³-hybridized carbons (Fsp3) is 0.111. The molecular weight excluding hydrogens is 154 g/mol. The van der Waals surface area contributed by atoms with E-state index in [1.54, 1.807) is 5.06 Å². The molecule has 1 aliphatic heterocycles. The van der Waals surface area contributed by atoms with Crippen molar-refractivity contribution in [3.63, 3.8) is 0 Å². The number of rotatable bonds is 1. The maximum Gasteiger partial charge on any atom is 0.130 e. The van der Waals surface area contributed by atoms with E-state index in [1.165, 1.54) is 6.26 Å². The average molecular weight is 163 g/mol. The highest BCUT2D eigenvalue weighted by atomic mass is 17.3. The summed E-state index contributed by atoms with van der Waals surface area (Å²) in [5.74, 6) is 0. The topological polar surface area (TPSA) is 21.7 Å². The predicted molar refractivity (Wildman–Crippen MR) is 45.1 cm³/mol. The minimum Gasteiger partial charge on any atom is -0.322 e. The predicted octanol–water partition coefficient (Wildman–Crippen LogP) is 1.88. The van der Waals surface area contributed by atoms with Crippen LogP contribution in [0.5, 0.6) is 0 Å². The van der Waals surface area contributed by atoms with Gasteiger partial charge in [0.1, 0.15) is 6.26 Å². The Kier molecular flexibility index (Phi) is 1.96. The summed E-state index contributed by atoms with van der Waals surface area (Å²) in [6.45, 7) is 0.712. The van der Waals surface area contributed by atoms with Crippen molar-refractivity contribution < 1.29 is 9.88 Å². The SMILES string of the molecule is C1=COON(c2ccccc2)C1. The monoisotopic (exact) mass is 163 g/mol. The van der Waals surface area contributed by atoms with Crippen LogP contribution in [0.4, 0.5) is 5.69 Å². The number of hydroxylamine groups is 1. The molecule has 0 fully saturated rings. The zero-order chi connectivity index (χ0) is 8.23. The molecule has 0 N–H and O–H groups in total. The first kappa shape index (κ1) is 7.18. The van der Waals surface area contributed by atoms with Gasteiger partial charge in [-0.3, -0.25) is 0 Å². The van der Waals surface area contributed by atoms with E-state index in [-0.39, 0.29) is 0 Å². The van der Waals surface area contributed by atoms with E-state index in [9.17, 15) is 0 Å². The second-order valence-electron chi connectivity index (χ2n) is 2.44. The summed E-state index contributed by atoms with van der Waals surface area (Å²) in [7, 11) is 0. The molecule has 12 heavy (non-hydrogen) atoms. The van der Waals surface area contributed by atoms with Gasteiger partial charge in [0, 0.05) is 0 Å². The van der Waals surface area contributed by atoms with E-state index in [4.69, 9.17) is 4.99 Å². The first-order valence-corrected chi connectivity index (χ1v) is 3.78. The van der Waals surface area contributed by atoms with Crippen molar-refractivity contribution in [2.75, 3.05) is 11.6 Å². The summed E-state index contributed by atoms with van der Waals surface area (Å²) in [4.78, 5) is 9.59. The normalized spacial score (nSPS) is 15.8. The molecule has 1 aliphatic rings. The Morgan fingerprint density at radius 2 is 2.00 bits per heavy atom. The molecule has 0 aromatic heterocycles. The van der Waals surface area contributed by atoms with Crippen LogP contribution in [-0.2, 0) is 9.88 Å². The Balaban J connectivity index is 2.15. The highest BCUT2D eigenvalue weighted by Crippen LogP contribution is 2.15. The summed E-state index contributed by atoms with van der Waals surface area (Å²) < 4.78 is 0. The molecule has 1 aromatic carbocycles. The number of hydrogen-bond acceptors (Lipinski definition) is 3. The second-order valence-corrected chi connectivity index (χ2v) is 2.44. The fourth-order valence-corrected chi connectivity index (χ4v) is 1.03. The average Bonchev–Trinajstić information content (AvgIpc) is 2.21. The number of benzene rings is 1. The van der Waals surface area contributed by atoms with Gasteiger partial charge in [-0.2, -0.15) is 0 Å². The Morgan fingerprint density at radius 1 is 1.17 bits per heavy atom. The highest BCUT2D eigenvalue weighted by Gasteiger charge is 2.07. The zero-order valence-electron chi connectivity index (χ0n) is 6.51. The third kappa shape index (κ3) is 1.40. The largest absolute Gasteiger partial charge is 0.322 e. The molecular formula is C9H9NO2.